The van der Waals surface area contributed by atoms with E-state index in [4.69, 9.17) is 0 Å². The maximum atomic E-state index is 3.56. The van der Waals surface area contributed by atoms with Gasteiger partial charge in [0, 0.05) is 21.8 Å². The summed E-state index contributed by atoms with van der Waals surface area (Å²) in [6.45, 7) is 7.70. The molecule has 1 heterocycles. The van der Waals surface area contributed by atoms with Crippen LogP contribution in [0.2, 0.25) is 0 Å². The number of nitrogens with one attached hydrogen (secondary N) is 1. The van der Waals surface area contributed by atoms with Crippen molar-refractivity contribution in [2.75, 3.05) is 0 Å². The maximum absolute atomic E-state index is 3.56. The quantitative estimate of drug-likeness (QED) is 0.809. The predicted molar refractivity (Wildman–Crippen MR) is 67.6 cm³/mol. The molecule has 1 aliphatic carbocycles. The van der Waals surface area contributed by atoms with E-state index in [0.717, 1.165) is 6.54 Å². The minimum absolute atomic E-state index is 0.227. The molecule has 0 fully saturated rings. The van der Waals surface area contributed by atoms with Gasteiger partial charge in [-0.05, 0) is 58.1 Å². The Bertz CT molecular complexity index is 309. The van der Waals surface area contributed by atoms with E-state index in [9.17, 15) is 0 Å². The van der Waals surface area contributed by atoms with Crippen LogP contribution in [0.25, 0.3) is 0 Å². The fourth-order valence-corrected chi connectivity index (χ4v) is 3.19. The van der Waals surface area contributed by atoms with Gasteiger partial charge >= 0.3 is 0 Å². The molecular weight excluding hydrogens is 202 g/mol. The Balaban J connectivity index is 2.01. The zero-order valence-electron chi connectivity index (χ0n) is 10.0. The van der Waals surface area contributed by atoms with Crippen LogP contribution in [0.3, 0.4) is 0 Å². The zero-order chi connectivity index (χ0) is 10.9. The monoisotopic (exact) mass is 223 g/mol. The zero-order valence-corrected chi connectivity index (χ0v) is 10.8. The van der Waals surface area contributed by atoms with E-state index in [0.29, 0.717) is 0 Å². The Labute approximate surface area is 96.9 Å². The van der Waals surface area contributed by atoms with E-state index in [-0.39, 0.29) is 5.54 Å². The summed E-state index contributed by atoms with van der Waals surface area (Å²) in [5.41, 5.74) is 1.85. The molecule has 2 heteroatoms. The first-order valence-electron chi connectivity index (χ1n) is 5.90. The molecule has 15 heavy (non-hydrogen) atoms. The molecule has 0 aromatic carbocycles. The maximum Gasteiger partial charge on any atom is 0.0304 e. The number of aryl methyl sites for hydroxylation is 2. The number of thiophene rings is 1. The molecule has 1 nitrogen and oxygen atoms in total. The van der Waals surface area contributed by atoms with Crippen LogP contribution in [-0.2, 0) is 19.4 Å². The van der Waals surface area contributed by atoms with Gasteiger partial charge in [-0.1, -0.05) is 0 Å². The van der Waals surface area contributed by atoms with Crippen LogP contribution in [-0.4, -0.2) is 5.54 Å². The van der Waals surface area contributed by atoms with Crippen LogP contribution in [0.1, 0.15) is 48.9 Å². The third-order valence-corrected chi connectivity index (χ3v) is 4.08. The van der Waals surface area contributed by atoms with Crippen molar-refractivity contribution in [1.82, 2.24) is 5.32 Å². The third kappa shape index (κ3) is 3.05. The number of rotatable bonds is 2. The summed E-state index contributed by atoms with van der Waals surface area (Å²) in [5, 5.41) is 3.56. The summed E-state index contributed by atoms with van der Waals surface area (Å²) in [6.07, 6.45) is 5.40. The molecule has 1 aliphatic rings. The molecule has 0 spiro atoms. The normalized spacial score (nSPS) is 16.5. The molecular formula is C13H21NS. The molecule has 1 N–H and O–H groups in total. The van der Waals surface area contributed by atoms with Gasteiger partial charge in [-0.3, -0.25) is 0 Å². The van der Waals surface area contributed by atoms with Crippen LogP contribution in [0.5, 0.6) is 0 Å². The molecule has 0 radical (unpaired) electrons. The van der Waals surface area contributed by atoms with Gasteiger partial charge in [0.05, 0.1) is 0 Å². The molecule has 84 valence electrons. The minimum Gasteiger partial charge on any atom is -0.307 e. The Morgan fingerprint density at radius 2 is 2.00 bits per heavy atom. The average molecular weight is 223 g/mol. The second-order valence-corrected chi connectivity index (χ2v) is 6.69. The second kappa shape index (κ2) is 4.26. The lowest BCUT2D eigenvalue weighted by molar-refractivity contribution is 0.426. The standard InChI is InChI=1S/C13H21NS/c1-13(2,3)14-9-11-8-10-6-4-5-7-12(10)15-11/h8,14H,4-7,9H2,1-3H3. The van der Waals surface area contributed by atoms with E-state index >= 15 is 0 Å². The molecule has 0 saturated carbocycles. The van der Waals surface area contributed by atoms with E-state index in [1.807, 2.05) is 11.3 Å². The molecule has 0 atom stereocenters. The van der Waals surface area contributed by atoms with Crippen molar-refractivity contribution in [3.05, 3.63) is 21.4 Å². The van der Waals surface area contributed by atoms with Crippen LogP contribution < -0.4 is 5.32 Å². The highest BCUT2D eigenvalue weighted by Crippen LogP contribution is 2.29. The van der Waals surface area contributed by atoms with Crippen LogP contribution in [0, 0.1) is 0 Å². The highest BCUT2D eigenvalue weighted by Gasteiger charge is 2.14. The smallest absolute Gasteiger partial charge is 0.0304 e. The van der Waals surface area contributed by atoms with Gasteiger partial charge < -0.3 is 5.32 Å². The van der Waals surface area contributed by atoms with Crippen molar-refractivity contribution in [3.8, 4) is 0 Å². The fraction of sp³-hybridized carbons (Fsp3) is 0.692. The van der Waals surface area contributed by atoms with E-state index in [1.165, 1.54) is 30.6 Å². The Hall–Kier alpha value is -0.340. The van der Waals surface area contributed by atoms with Crippen LogP contribution in [0.15, 0.2) is 6.07 Å². The van der Waals surface area contributed by atoms with E-state index in [1.54, 1.807) is 10.4 Å². The summed E-state index contributed by atoms with van der Waals surface area (Å²) < 4.78 is 0. The summed E-state index contributed by atoms with van der Waals surface area (Å²) in [5.74, 6) is 0. The SMILES string of the molecule is CC(C)(C)NCc1cc2c(s1)CCCC2. The summed E-state index contributed by atoms with van der Waals surface area (Å²) >= 11 is 2.01. The average Bonchev–Trinajstić information content (AvgIpc) is 2.56. The van der Waals surface area contributed by atoms with Gasteiger partial charge in [0.15, 0.2) is 0 Å². The lowest BCUT2D eigenvalue weighted by Gasteiger charge is -2.19. The predicted octanol–water partition coefficient (Wildman–Crippen LogP) is 3.52. The number of hydrogen-bond acceptors (Lipinski definition) is 2. The Kier molecular flexibility index (Phi) is 3.17. The largest absolute Gasteiger partial charge is 0.307 e. The molecule has 0 bridgehead atoms. The van der Waals surface area contributed by atoms with Gasteiger partial charge in [0.2, 0.25) is 0 Å². The van der Waals surface area contributed by atoms with Crippen LogP contribution >= 0.6 is 11.3 Å². The van der Waals surface area contributed by atoms with Gasteiger partial charge in [0.25, 0.3) is 0 Å². The Morgan fingerprint density at radius 3 is 2.67 bits per heavy atom. The van der Waals surface area contributed by atoms with Crippen molar-refractivity contribution in [2.45, 2.75) is 58.5 Å². The van der Waals surface area contributed by atoms with Crippen LogP contribution in [0.4, 0.5) is 0 Å². The van der Waals surface area contributed by atoms with Gasteiger partial charge in [0.1, 0.15) is 0 Å². The molecule has 1 aromatic heterocycles. The number of fused-ring (bicyclic) bond motifs is 1. The fourth-order valence-electron chi connectivity index (χ4n) is 1.99. The van der Waals surface area contributed by atoms with E-state index in [2.05, 4.69) is 32.2 Å². The lowest BCUT2D eigenvalue weighted by atomic mass is 9.99. The highest BCUT2D eigenvalue weighted by molar-refractivity contribution is 7.12. The molecule has 0 aliphatic heterocycles. The van der Waals surface area contributed by atoms with Gasteiger partial charge in [-0.2, -0.15) is 0 Å². The summed E-state index contributed by atoms with van der Waals surface area (Å²) in [6, 6.07) is 2.41. The second-order valence-electron chi connectivity index (χ2n) is 5.47. The molecule has 2 rings (SSSR count). The van der Waals surface area contributed by atoms with Crippen molar-refractivity contribution in [3.63, 3.8) is 0 Å². The molecule has 0 unspecified atom stereocenters. The summed E-state index contributed by atoms with van der Waals surface area (Å²) in [4.78, 5) is 3.16. The van der Waals surface area contributed by atoms with Crippen molar-refractivity contribution < 1.29 is 0 Å². The topological polar surface area (TPSA) is 12.0 Å². The summed E-state index contributed by atoms with van der Waals surface area (Å²) in [7, 11) is 0. The lowest BCUT2D eigenvalue weighted by Crippen LogP contribution is -2.34. The third-order valence-electron chi connectivity index (χ3n) is 2.84. The first kappa shape index (κ1) is 11.2. The van der Waals surface area contributed by atoms with Gasteiger partial charge in [-0.15, -0.1) is 11.3 Å². The van der Waals surface area contributed by atoms with Crippen molar-refractivity contribution in [2.24, 2.45) is 0 Å². The highest BCUT2D eigenvalue weighted by atomic mass is 32.1. The molecule has 0 amide bonds. The first-order valence-corrected chi connectivity index (χ1v) is 6.72. The number of hydrogen-bond donors (Lipinski definition) is 1. The molecule has 0 saturated heterocycles. The Morgan fingerprint density at radius 1 is 1.27 bits per heavy atom. The first-order chi connectivity index (χ1) is 7.04. The van der Waals surface area contributed by atoms with Crippen molar-refractivity contribution >= 4 is 11.3 Å². The molecule has 1 aromatic rings. The van der Waals surface area contributed by atoms with E-state index < -0.39 is 0 Å². The van der Waals surface area contributed by atoms with Gasteiger partial charge in [-0.25, -0.2) is 0 Å². The van der Waals surface area contributed by atoms with Crippen molar-refractivity contribution in [1.29, 1.82) is 0 Å². The minimum atomic E-state index is 0.227.